The fourth-order valence-corrected chi connectivity index (χ4v) is 17.0. The number of aromatic amines is 2. The Morgan fingerprint density at radius 3 is 1.89 bits per heavy atom. The lowest BCUT2D eigenvalue weighted by molar-refractivity contribution is -0.646. The summed E-state index contributed by atoms with van der Waals surface area (Å²) in [5.41, 5.74) is 4.67. The first-order valence-electron chi connectivity index (χ1n) is 22.4. The van der Waals surface area contributed by atoms with Gasteiger partial charge in [-0.05, 0) is 6.92 Å². The number of methoxy groups -OCH3 is 1. The Kier molecular flexibility index (Phi) is 15.5. The number of imidazole rings is 3. The van der Waals surface area contributed by atoms with Crippen LogP contribution < -0.4 is 26.7 Å². The van der Waals surface area contributed by atoms with Crippen LogP contribution in [0.15, 0.2) is 34.9 Å². The number of hydrogen-bond acceptors (Lipinski definition) is 26. The van der Waals surface area contributed by atoms with Crippen LogP contribution in [-0.2, 0) is 62.4 Å². The molecule has 36 nitrogen and oxygen atoms in total. The van der Waals surface area contributed by atoms with Crippen molar-refractivity contribution in [2.75, 3.05) is 56.8 Å². The van der Waals surface area contributed by atoms with Crippen molar-refractivity contribution in [3.8, 4) is 0 Å². The predicted octanol–water partition coefficient (Wildman–Crippen LogP) is -3.30. The summed E-state index contributed by atoms with van der Waals surface area (Å²) in [6.07, 6.45) is -14.4. The molecule has 0 spiro atoms. The van der Waals surface area contributed by atoms with Crippen molar-refractivity contribution in [3.05, 3.63) is 51.8 Å². The normalized spacial score (nSPS) is 30.2. The van der Waals surface area contributed by atoms with Crippen LogP contribution >= 0.6 is 30.4 Å². The van der Waals surface area contributed by atoms with E-state index in [1.165, 1.54) is 51.2 Å². The number of aliphatic hydroxyl groups is 4. The van der Waals surface area contributed by atoms with E-state index in [1.54, 1.807) is 7.05 Å². The number of anilines is 2. The monoisotopic (exact) mass is 1160 g/mol. The molecule has 9 heterocycles. The van der Waals surface area contributed by atoms with Gasteiger partial charge < -0.3 is 84.0 Å². The highest BCUT2D eigenvalue weighted by Crippen LogP contribution is 2.65. The van der Waals surface area contributed by atoms with Crippen LogP contribution in [0.25, 0.3) is 33.5 Å². The van der Waals surface area contributed by atoms with E-state index in [0.717, 1.165) is 13.4 Å². The quantitative estimate of drug-likeness (QED) is 0.0263. The molecule has 0 amide bonds. The van der Waals surface area contributed by atoms with Crippen LogP contribution in [0, 0.1) is 6.92 Å². The van der Waals surface area contributed by atoms with Gasteiger partial charge >= 0.3 is 28.6 Å². The minimum atomic E-state index is -5.38. The van der Waals surface area contributed by atoms with E-state index < -0.39 is 147 Å². The average molecular weight is 1160 g/mol. The third kappa shape index (κ3) is 11.1. The van der Waals surface area contributed by atoms with Gasteiger partial charge in [-0.3, -0.25) is 46.4 Å². The van der Waals surface area contributed by atoms with Crippen molar-refractivity contribution in [1.29, 1.82) is 0 Å². The number of nitrogens with zero attached hydrogens (tertiary/aromatic N) is 10. The maximum atomic E-state index is 13.8. The van der Waals surface area contributed by atoms with Gasteiger partial charge in [0.15, 0.2) is 35.1 Å². The van der Waals surface area contributed by atoms with E-state index in [1.807, 2.05) is 0 Å². The molecule has 416 valence electrons. The second-order valence-corrected chi connectivity index (χ2v) is 26.1. The van der Waals surface area contributed by atoms with E-state index in [-0.39, 0.29) is 51.1 Å². The lowest BCUT2D eigenvalue weighted by Crippen LogP contribution is -2.38. The fraction of sp³-hybridized carbons (Fsp3) is 0.583. The summed E-state index contributed by atoms with van der Waals surface area (Å²) in [7, 11) is -16.9. The van der Waals surface area contributed by atoms with Crippen LogP contribution in [0.4, 0.5) is 11.8 Å². The molecule has 0 aromatic carbocycles. The number of phosphoric acid groups is 1. The Labute approximate surface area is 424 Å². The van der Waals surface area contributed by atoms with Crippen molar-refractivity contribution in [3.63, 3.8) is 0 Å². The molecule has 6 aromatic rings. The molecule has 40 heteroatoms. The number of aryl methyl sites for hydroxylation is 2. The Bertz CT molecular complexity index is 3480. The Morgan fingerprint density at radius 2 is 1.28 bits per heavy atom. The van der Waals surface area contributed by atoms with Crippen molar-refractivity contribution in [1.82, 2.24) is 53.6 Å². The molecule has 6 aromatic heterocycles. The number of ether oxygens (including phenoxy) is 4. The van der Waals surface area contributed by atoms with Gasteiger partial charge in [0.1, 0.15) is 84.4 Å². The maximum Gasteiger partial charge on any atom is 0.472 e. The van der Waals surface area contributed by atoms with Gasteiger partial charge in [-0.1, -0.05) is 0 Å². The van der Waals surface area contributed by atoms with E-state index in [0.29, 0.717) is 0 Å². The Balaban J connectivity index is 0.868. The first kappa shape index (κ1) is 55.9. The van der Waals surface area contributed by atoms with E-state index in [4.69, 9.17) is 42.8 Å². The molecule has 76 heavy (non-hydrogen) atoms. The molecule has 13 N–H and O–H groups in total. The molecule has 16 atom stereocenters. The molecule has 0 radical (unpaired) electrons. The molecule has 8 unspecified atom stereocenters. The molecular formula is C36H51N14O22P4+. The van der Waals surface area contributed by atoms with Crippen molar-refractivity contribution < 1.29 is 99.9 Å². The number of nitrogens with two attached hydrogens (primary N) is 1. The lowest BCUT2D eigenvalue weighted by Gasteiger charge is -2.26. The van der Waals surface area contributed by atoms with Crippen LogP contribution in [0.3, 0.4) is 0 Å². The van der Waals surface area contributed by atoms with Crippen LogP contribution in [0.2, 0.25) is 0 Å². The molecule has 3 aliphatic heterocycles. The first-order valence-corrected chi connectivity index (χ1v) is 29.4. The van der Waals surface area contributed by atoms with Crippen LogP contribution in [0.1, 0.15) is 24.5 Å². The van der Waals surface area contributed by atoms with Gasteiger partial charge in [-0.25, -0.2) is 34.1 Å². The van der Waals surface area contributed by atoms with Crippen molar-refractivity contribution >= 4 is 75.6 Å². The third-order valence-corrected chi connectivity index (χ3v) is 20.8. The third-order valence-electron chi connectivity index (χ3n) is 12.3. The summed E-state index contributed by atoms with van der Waals surface area (Å²) in [4.78, 5) is 98.2. The maximum absolute atomic E-state index is 13.8. The van der Waals surface area contributed by atoms with Crippen molar-refractivity contribution in [2.45, 2.75) is 80.5 Å². The summed E-state index contributed by atoms with van der Waals surface area (Å²) < 4.78 is 103. The number of phosphoric ester groups is 1. The second-order valence-electron chi connectivity index (χ2n) is 17.7. The highest BCUT2D eigenvalue weighted by atomic mass is 31.3. The van der Waals surface area contributed by atoms with Gasteiger partial charge in [0.25, 0.3) is 16.7 Å². The molecule has 0 saturated carbocycles. The zero-order chi connectivity index (χ0) is 55.0. The topological polar surface area (TPSA) is 504 Å². The molecule has 9 rings (SSSR count). The highest BCUT2D eigenvalue weighted by Gasteiger charge is 2.53. The van der Waals surface area contributed by atoms with Gasteiger partial charge in [-0.2, -0.15) is 9.55 Å². The van der Waals surface area contributed by atoms with Gasteiger partial charge in [0.05, 0.1) is 39.5 Å². The standard InChI is InChI=1S/C36H50N14O22P4/c1-14-43-29-19(31(55)44-14)42-10-49(29)33-23(53)22(52)16(69-33)6-68-76(63,64)72-25-17(71-35(26(25)65-4)48-9-41-18-27(38-2)39-8-40-28(18)48)7-67-75(61,62)13-73(57,58)12-74(59,60)66-5-15-21(51)24(54)34(70-15)50-11-47(3)20-30(50)45-36(37)46-32(20)56/h8-11,15-17,21-26,33-35,51-54H,5-7,12-13H2,1-4H3,(H8-,37,38,39,40,43,44,45,46,55,56,57,58,59,60,61,62,63,64)/p+1/t15-,16-,17-,21?,22?,23+,24?,25?,26+,33-,34-,35-/m1/s1. The first-order chi connectivity index (χ1) is 35.7. The van der Waals surface area contributed by atoms with Gasteiger partial charge in [0.2, 0.25) is 25.9 Å². The summed E-state index contributed by atoms with van der Waals surface area (Å²) in [6.45, 7) is -1.45. The summed E-state index contributed by atoms with van der Waals surface area (Å²) in [5, 5.41) is 46.3. The Hall–Kier alpha value is -4.87. The van der Waals surface area contributed by atoms with Gasteiger partial charge in [-0.15, -0.1) is 0 Å². The van der Waals surface area contributed by atoms with Crippen LogP contribution in [-0.4, -0.2) is 194 Å². The number of hydrogen-bond donors (Lipinski definition) is 12. The molecular weight excluding hydrogens is 1100 g/mol. The highest BCUT2D eigenvalue weighted by molar-refractivity contribution is 7.79. The summed E-state index contributed by atoms with van der Waals surface area (Å²) in [5.74, 6) is -3.08. The second kappa shape index (κ2) is 21.1. The van der Waals surface area contributed by atoms with E-state index in [9.17, 15) is 67.8 Å². The van der Waals surface area contributed by atoms with E-state index >= 15 is 0 Å². The molecule has 0 aliphatic carbocycles. The van der Waals surface area contributed by atoms with Gasteiger partial charge in [0, 0.05) is 14.2 Å². The number of nitrogens with one attached hydrogen (secondary N) is 3. The molecule has 3 aliphatic rings. The average Bonchev–Trinajstić information content (AvgIpc) is 4.19. The summed E-state index contributed by atoms with van der Waals surface area (Å²) >= 11 is 0. The smallest absolute Gasteiger partial charge is 0.387 e. The van der Waals surface area contributed by atoms with E-state index in [2.05, 4.69) is 45.2 Å². The fourth-order valence-electron chi connectivity index (χ4n) is 8.95. The summed E-state index contributed by atoms with van der Waals surface area (Å²) in [6, 6.07) is 0. The number of H-pyrrole nitrogens is 2. The molecule has 3 fully saturated rings. The number of rotatable bonds is 20. The van der Waals surface area contributed by atoms with Crippen molar-refractivity contribution in [2.24, 2.45) is 7.05 Å². The molecule has 3 saturated heterocycles. The zero-order valence-corrected chi connectivity index (χ0v) is 43.5. The van der Waals surface area contributed by atoms with Crippen LogP contribution in [0.5, 0.6) is 0 Å². The Morgan fingerprint density at radius 1 is 0.711 bits per heavy atom. The largest absolute Gasteiger partial charge is 0.472 e. The predicted molar refractivity (Wildman–Crippen MR) is 252 cm³/mol. The lowest BCUT2D eigenvalue weighted by atomic mass is 10.1. The number of nitrogen functional groups attached to an aromatic ring is 1. The number of aromatic nitrogens is 12. The molecule has 0 bridgehead atoms. The SMILES string of the molecule is CNc1ncnc2c1ncn2[C@@H]1O[C@H](COP(=O)(O)CP(=O)(O)CP(=O)(O)OC[C@H]2O[C@@H](n3c[n+](C)c4c(=O)[nH]c(N)nc43)C(O)C2O)C(OP(=O)(O)OC[C@H]2O[C@@H](n3cnc4c(=O)[nH]c(C)nc43)[C@@H](O)C2O)[C@@H]1OC. The number of aliphatic hydroxyl groups excluding tert-OH is 4. The minimum Gasteiger partial charge on any atom is -0.387 e. The number of fused-ring (bicyclic) bond motifs is 3. The minimum absolute atomic E-state index is 0.00561. The zero-order valence-electron chi connectivity index (χ0n) is 39.9.